The Hall–Kier alpha value is -1.02. The van der Waals surface area contributed by atoms with Crippen LogP contribution in [0.1, 0.15) is 5.69 Å². The summed E-state index contributed by atoms with van der Waals surface area (Å²) in [7, 11) is 0. The molecule has 2 aromatic heterocycles. The van der Waals surface area contributed by atoms with Crippen molar-refractivity contribution >= 4 is 22.6 Å². The van der Waals surface area contributed by atoms with Gasteiger partial charge in [0.05, 0.1) is 11.6 Å². The predicted octanol–water partition coefficient (Wildman–Crippen LogP) is 2.79. The summed E-state index contributed by atoms with van der Waals surface area (Å²) in [6.45, 7) is 1.88. The Bertz CT molecular complexity index is 394. The molecule has 0 aromatic carbocycles. The second-order valence-corrected chi connectivity index (χ2v) is 2.74. The largest absolute Gasteiger partial charge is 0.464 e. The summed E-state index contributed by atoms with van der Waals surface area (Å²) in [6, 6.07) is 3.67. The molecule has 0 unspecified atom stereocenters. The topological polar surface area (TPSA) is 26.0 Å². The van der Waals surface area contributed by atoms with Crippen molar-refractivity contribution in [2.24, 2.45) is 0 Å². The molecule has 0 amide bonds. The minimum Gasteiger partial charge on any atom is -0.464 e. The number of fused-ring (bicyclic) bond motifs is 1. The average molecular weight is 168 g/mol. The Morgan fingerprint density at radius 3 is 3.18 bits per heavy atom. The number of aryl methyl sites for hydroxylation is 1. The SMILES string of the molecule is Cc1cc2occc2c(Cl)n1. The Kier molecular flexibility index (Phi) is 1.36. The summed E-state index contributed by atoms with van der Waals surface area (Å²) in [4.78, 5) is 4.08. The molecule has 0 N–H and O–H groups in total. The van der Waals surface area contributed by atoms with Crippen molar-refractivity contribution in [2.45, 2.75) is 6.92 Å². The van der Waals surface area contributed by atoms with Crippen molar-refractivity contribution in [1.82, 2.24) is 4.98 Å². The van der Waals surface area contributed by atoms with Crippen LogP contribution in [0.4, 0.5) is 0 Å². The fraction of sp³-hybridized carbons (Fsp3) is 0.125. The van der Waals surface area contributed by atoms with Crippen LogP contribution in [0.3, 0.4) is 0 Å². The smallest absolute Gasteiger partial charge is 0.140 e. The van der Waals surface area contributed by atoms with Crippen molar-refractivity contribution in [3.63, 3.8) is 0 Å². The second kappa shape index (κ2) is 2.24. The summed E-state index contributed by atoms with van der Waals surface area (Å²) in [6.07, 6.45) is 1.61. The van der Waals surface area contributed by atoms with Gasteiger partial charge in [-0.2, -0.15) is 0 Å². The maximum absolute atomic E-state index is 5.83. The van der Waals surface area contributed by atoms with Gasteiger partial charge in [-0.1, -0.05) is 11.6 Å². The molecule has 56 valence electrons. The number of rotatable bonds is 0. The molecule has 0 fully saturated rings. The van der Waals surface area contributed by atoms with Gasteiger partial charge in [0, 0.05) is 11.8 Å². The first-order valence-corrected chi connectivity index (χ1v) is 3.65. The van der Waals surface area contributed by atoms with Crippen molar-refractivity contribution in [3.05, 3.63) is 29.2 Å². The third-order valence-electron chi connectivity index (χ3n) is 1.53. The van der Waals surface area contributed by atoms with Crippen LogP contribution in [0.2, 0.25) is 5.15 Å². The Balaban J connectivity index is 2.91. The zero-order valence-corrected chi connectivity index (χ0v) is 6.72. The van der Waals surface area contributed by atoms with E-state index in [0.717, 1.165) is 16.7 Å². The van der Waals surface area contributed by atoms with Gasteiger partial charge in [0.1, 0.15) is 10.7 Å². The Morgan fingerprint density at radius 2 is 2.36 bits per heavy atom. The molecular formula is C8H6ClNO. The molecule has 2 heterocycles. The highest BCUT2D eigenvalue weighted by Crippen LogP contribution is 2.22. The molecule has 0 aliphatic rings. The molecule has 0 bridgehead atoms. The lowest BCUT2D eigenvalue weighted by Crippen LogP contribution is -1.80. The summed E-state index contributed by atoms with van der Waals surface area (Å²) in [5.74, 6) is 0. The molecule has 0 aliphatic heterocycles. The third kappa shape index (κ3) is 0.994. The standard InChI is InChI=1S/C8H6ClNO/c1-5-4-7-6(2-3-11-7)8(9)10-5/h2-4H,1H3. The van der Waals surface area contributed by atoms with E-state index in [2.05, 4.69) is 4.98 Å². The Morgan fingerprint density at radius 1 is 1.55 bits per heavy atom. The highest BCUT2D eigenvalue weighted by molar-refractivity contribution is 6.34. The molecule has 0 spiro atoms. The maximum Gasteiger partial charge on any atom is 0.140 e. The molecule has 3 heteroatoms. The van der Waals surface area contributed by atoms with E-state index in [1.807, 2.05) is 19.1 Å². The molecule has 0 radical (unpaired) electrons. The highest BCUT2D eigenvalue weighted by Gasteiger charge is 2.02. The van der Waals surface area contributed by atoms with Crippen LogP contribution in [0.5, 0.6) is 0 Å². The number of hydrogen-bond acceptors (Lipinski definition) is 2. The van der Waals surface area contributed by atoms with E-state index in [0.29, 0.717) is 5.15 Å². The minimum absolute atomic E-state index is 0.508. The number of nitrogens with zero attached hydrogens (tertiary/aromatic N) is 1. The number of halogens is 1. The fourth-order valence-electron chi connectivity index (χ4n) is 1.04. The van der Waals surface area contributed by atoms with Crippen molar-refractivity contribution < 1.29 is 4.42 Å². The minimum atomic E-state index is 0.508. The number of furan rings is 1. The molecule has 0 saturated carbocycles. The first-order valence-electron chi connectivity index (χ1n) is 3.28. The molecule has 0 aliphatic carbocycles. The van der Waals surface area contributed by atoms with Gasteiger partial charge in [0.25, 0.3) is 0 Å². The van der Waals surface area contributed by atoms with Gasteiger partial charge < -0.3 is 4.42 Å². The van der Waals surface area contributed by atoms with E-state index in [4.69, 9.17) is 16.0 Å². The van der Waals surface area contributed by atoms with Crippen LogP contribution in [0.15, 0.2) is 22.8 Å². The molecular weight excluding hydrogens is 162 g/mol. The molecule has 2 aromatic rings. The molecule has 11 heavy (non-hydrogen) atoms. The lowest BCUT2D eigenvalue weighted by Gasteiger charge is -1.93. The van der Waals surface area contributed by atoms with Gasteiger partial charge in [0.15, 0.2) is 0 Å². The normalized spacial score (nSPS) is 10.7. The van der Waals surface area contributed by atoms with E-state index in [1.165, 1.54) is 0 Å². The van der Waals surface area contributed by atoms with Crippen LogP contribution in [-0.4, -0.2) is 4.98 Å². The lowest BCUT2D eigenvalue weighted by molar-refractivity contribution is 0.615. The predicted molar refractivity (Wildman–Crippen MR) is 43.8 cm³/mol. The number of aromatic nitrogens is 1. The van der Waals surface area contributed by atoms with Gasteiger partial charge in [-0.3, -0.25) is 0 Å². The molecule has 2 nitrogen and oxygen atoms in total. The molecule has 2 rings (SSSR count). The van der Waals surface area contributed by atoms with E-state index < -0.39 is 0 Å². The van der Waals surface area contributed by atoms with Crippen LogP contribution >= 0.6 is 11.6 Å². The van der Waals surface area contributed by atoms with Gasteiger partial charge in [-0.15, -0.1) is 0 Å². The van der Waals surface area contributed by atoms with E-state index in [-0.39, 0.29) is 0 Å². The molecule has 0 atom stereocenters. The fourth-order valence-corrected chi connectivity index (χ4v) is 1.33. The first kappa shape index (κ1) is 6.68. The molecule has 0 saturated heterocycles. The summed E-state index contributed by atoms with van der Waals surface area (Å²) >= 11 is 5.83. The van der Waals surface area contributed by atoms with E-state index in [1.54, 1.807) is 6.26 Å². The summed E-state index contributed by atoms with van der Waals surface area (Å²) < 4.78 is 5.16. The van der Waals surface area contributed by atoms with Crippen molar-refractivity contribution in [3.8, 4) is 0 Å². The third-order valence-corrected chi connectivity index (χ3v) is 1.82. The summed E-state index contributed by atoms with van der Waals surface area (Å²) in [5, 5.41) is 1.38. The highest BCUT2D eigenvalue weighted by atomic mass is 35.5. The van der Waals surface area contributed by atoms with Crippen LogP contribution < -0.4 is 0 Å². The van der Waals surface area contributed by atoms with Crippen LogP contribution in [0, 0.1) is 6.92 Å². The van der Waals surface area contributed by atoms with Crippen LogP contribution in [0.25, 0.3) is 11.0 Å². The van der Waals surface area contributed by atoms with Gasteiger partial charge in [-0.25, -0.2) is 4.98 Å². The van der Waals surface area contributed by atoms with Crippen LogP contribution in [-0.2, 0) is 0 Å². The van der Waals surface area contributed by atoms with E-state index in [9.17, 15) is 0 Å². The number of hydrogen-bond donors (Lipinski definition) is 0. The zero-order chi connectivity index (χ0) is 7.84. The van der Waals surface area contributed by atoms with Gasteiger partial charge in [-0.05, 0) is 13.0 Å². The lowest BCUT2D eigenvalue weighted by atomic mass is 10.3. The van der Waals surface area contributed by atoms with Crippen molar-refractivity contribution in [1.29, 1.82) is 0 Å². The average Bonchev–Trinajstić information content (AvgIpc) is 2.34. The first-order chi connectivity index (χ1) is 5.27. The zero-order valence-electron chi connectivity index (χ0n) is 5.97. The maximum atomic E-state index is 5.83. The second-order valence-electron chi connectivity index (χ2n) is 2.39. The quantitative estimate of drug-likeness (QED) is 0.564. The van der Waals surface area contributed by atoms with Crippen molar-refractivity contribution in [2.75, 3.05) is 0 Å². The summed E-state index contributed by atoms with van der Waals surface area (Å²) in [5.41, 5.74) is 1.67. The monoisotopic (exact) mass is 167 g/mol. The Labute approximate surface area is 68.8 Å². The van der Waals surface area contributed by atoms with Gasteiger partial charge in [0.2, 0.25) is 0 Å². The number of pyridine rings is 1. The van der Waals surface area contributed by atoms with Gasteiger partial charge >= 0.3 is 0 Å². The van der Waals surface area contributed by atoms with E-state index >= 15 is 0 Å².